The Hall–Kier alpha value is -0.363. The average molecular weight is 967 g/mol. The number of thiophene rings is 1. The fourth-order valence-electron chi connectivity index (χ4n) is 7.19. The molecule has 0 spiro atoms. The number of rotatable bonds is 26. The van der Waals surface area contributed by atoms with E-state index in [9.17, 15) is 0 Å². The Balaban J connectivity index is 2.51. The van der Waals surface area contributed by atoms with Gasteiger partial charge in [-0.25, -0.2) is 0 Å². The van der Waals surface area contributed by atoms with Crippen molar-refractivity contribution in [3.8, 4) is 0 Å². The molecule has 1 aromatic heterocycles. The Morgan fingerprint density at radius 3 is 0.941 bits per heavy atom. The van der Waals surface area contributed by atoms with Gasteiger partial charge in [0.25, 0.3) is 0 Å². The number of benzene rings is 2. The van der Waals surface area contributed by atoms with E-state index in [-0.39, 0.29) is 26.4 Å². The van der Waals surface area contributed by atoms with Crippen molar-refractivity contribution in [3.63, 3.8) is 0 Å². The van der Waals surface area contributed by atoms with Crippen LogP contribution in [-0.2, 0) is 19.7 Å². The third kappa shape index (κ3) is 12.3. The average Bonchev–Trinajstić information content (AvgIpc) is 3.51. The van der Waals surface area contributed by atoms with Crippen LogP contribution in [0, 0.1) is 0 Å². The summed E-state index contributed by atoms with van der Waals surface area (Å²) < 4.78 is 62.8. The van der Waals surface area contributed by atoms with Crippen molar-refractivity contribution in [2.45, 2.75) is 184 Å². The maximum atomic E-state index is 15.2. The molecule has 0 unspecified atom stereocenters. The first-order valence-corrected chi connectivity index (χ1v) is 29.3. The Kier molecular flexibility index (Phi) is 19.6. The van der Waals surface area contributed by atoms with Gasteiger partial charge in [-0.3, -0.25) is 0 Å². The van der Waals surface area contributed by atoms with Crippen molar-refractivity contribution in [1.29, 1.82) is 0 Å². The Labute approximate surface area is 337 Å². The van der Waals surface area contributed by atoms with E-state index in [0.717, 1.165) is 121 Å². The molecule has 0 aliphatic carbocycles. The molecule has 0 aliphatic rings. The summed E-state index contributed by atoms with van der Waals surface area (Å²) in [6.07, 6.45) is 20.1. The molecule has 0 atom stereocenters. The number of hydrogen-bond acceptors (Lipinski definition) is 5. The van der Waals surface area contributed by atoms with Gasteiger partial charge in [0, 0.05) is 0 Å². The summed E-state index contributed by atoms with van der Waals surface area (Å²) in [5.74, 6) is 0. The van der Waals surface area contributed by atoms with Gasteiger partial charge in [0.2, 0.25) is 0 Å². The number of hydrogen-bond donors (Lipinski definition) is 0. The van der Waals surface area contributed by atoms with Crippen molar-refractivity contribution in [2.75, 3.05) is 0 Å². The first kappa shape index (κ1) is 45.0. The van der Waals surface area contributed by atoms with Crippen LogP contribution in [0.15, 0.2) is 80.2 Å². The zero-order chi connectivity index (χ0) is 37.4. The molecule has 1 heterocycles. The van der Waals surface area contributed by atoms with Gasteiger partial charge in [-0.2, -0.15) is 0 Å². The number of sulfone groups is 2. The molecule has 0 fully saturated rings. The molecule has 2 aromatic carbocycles. The van der Waals surface area contributed by atoms with Crippen molar-refractivity contribution in [1.82, 2.24) is 0 Å². The molecular weight excluding hydrogens is 902 g/mol. The third-order valence-electron chi connectivity index (χ3n) is 10.3. The molecule has 282 valence electrons. The second-order valence-electron chi connectivity index (χ2n) is 14.5. The molecule has 0 saturated heterocycles. The maximum absolute atomic E-state index is 15.2. The molecule has 3 aromatic rings. The fourth-order valence-corrected chi connectivity index (χ4v) is 33.1. The van der Waals surface area contributed by atoms with Crippen molar-refractivity contribution in [3.05, 3.63) is 60.7 Å². The first-order valence-electron chi connectivity index (χ1n) is 19.8. The van der Waals surface area contributed by atoms with Crippen LogP contribution in [0.3, 0.4) is 0 Å². The van der Waals surface area contributed by atoms with Crippen LogP contribution in [0.25, 0.3) is 0 Å². The molecule has 51 heavy (non-hydrogen) atoms. The van der Waals surface area contributed by atoms with Crippen LogP contribution in [0.1, 0.15) is 157 Å². The summed E-state index contributed by atoms with van der Waals surface area (Å²) in [5, 5.41) is 0. The second-order valence-corrected chi connectivity index (χ2v) is 31.7. The SMILES string of the molecule is CCCC[C](CCCC)(CCCC)[Sn][c]1s[c]([Sn][C](CCCC)(CCCC)CCCC)c(S(=O)(=O)c2ccccc2)c1S(=O)(=O)c1ccccc1. The van der Waals surface area contributed by atoms with Gasteiger partial charge >= 0.3 is 340 Å². The zero-order valence-electron chi connectivity index (χ0n) is 32.4. The molecule has 4 radical (unpaired) electrons. The first-order chi connectivity index (χ1) is 24.5. The van der Waals surface area contributed by atoms with Crippen molar-refractivity contribution < 1.29 is 16.8 Å². The topological polar surface area (TPSA) is 68.3 Å². The molecular formula is C42H64O4S3Sn2. The van der Waals surface area contributed by atoms with Crippen LogP contribution in [0.2, 0.25) is 6.86 Å². The molecule has 0 bridgehead atoms. The standard InChI is InChI=1S/C16H10O4S3.2C13H27.2Sn/c17-22(18,13-7-3-1-4-8-13)15-11-21-12-16(15)23(19,20)14-9-5-2-6-10-14;2*1-4-7-10-13(11-8-5-2)12-9-6-3;;/h1-10H;2*4-12H2,1-3H3;;. The second kappa shape index (κ2) is 22.3. The normalized spacial score (nSPS) is 12.8. The molecule has 0 N–H and O–H groups in total. The summed E-state index contributed by atoms with van der Waals surface area (Å²) in [4.78, 5) is 0.768. The molecule has 0 aliphatic heterocycles. The molecule has 3 rings (SSSR count). The van der Waals surface area contributed by atoms with Gasteiger partial charge in [0.1, 0.15) is 0 Å². The van der Waals surface area contributed by atoms with E-state index in [4.69, 9.17) is 0 Å². The van der Waals surface area contributed by atoms with E-state index in [1.54, 1.807) is 59.9 Å². The van der Waals surface area contributed by atoms with E-state index in [1.807, 2.05) is 12.1 Å². The Morgan fingerprint density at radius 2 is 0.706 bits per heavy atom. The van der Waals surface area contributed by atoms with Gasteiger partial charge in [-0.15, -0.1) is 0 Å². The fraction of sp³-hybridized carbons (Fsp3) is 0.619. The summed E-state index contributed by atoms with van der Waals surface area (Å²) in [5.41, 5.74) is 0. The summed E-state index contributed by atoms with van der Waals surface area (Å²) in [6, 6.07) is 17.4. The van der Waals surface area contributed by atoms with E-state index in [1.165, 1.54) is 0 Å². The van der Waals surface area contributed by atoms with Gasteiger partial charge < -0.3 is 0 Å². The van der Waals surface area contributed by atoms with Crippen molar-refractivity contribution in [2.24, 2.45) is 0 Å². The van der Waals surface area contributed by atoms with Crippen LogP contribution in [0.4, 0.5) is 0 Å². The van der Waals surface area contributed by atoms with Crippen LogP contribution in [0.5, 0.6) is 0 Å². The molecule has 4 nitrogen and oxygen atoms in total. The van der Waals surface area contributed by atoms with Gasteiger partial charge in [0.15, 0.2) is 0 Å². The van der Waals surface area contributed by atoms with Gasteiger partial charge in [-0.1, -0.05) is 0 Å². The zero-order valence-corrected chi connectivity index (χ0v) is 40.5. The van der Waals surface area contributed by atoms with E-state index in [2.05, 4.69) is 41.5 Å². The van der Waals surface area contributed by atoms with Crippen LogP contribution < -0.4 is 5.79 Å². The van der Waals surface area contributed by atoms with Crippen LogP contribution in [-0.4, -0.2) is 59.1 Å². The van der Waals surface area contributed by atoms with Crippen LogP contribution >= 0.6 is 11.3 Å². The van der Waals surface area contributed by atoms with Gasteiger partial charge in [-0.05, 0) is 0 Å². The molecule has 0 saturated carbocycles. The quantitative estimate of drug-likeness (QED) is 0.0752. The predicted octanol–water partition coefficient (Wildman–Crippen LogP) is 11.5. The summed E-state index contributed by atoms with van der Waals surface area (Å²) >= 11 is -1.58. The third-order valence-corrected chi connectivity index (χ3v) is 29.3. The van der Waals surface area contributed by atoms with Crippen molar-refractivity contribution >= 4 is 79.1 Å². The van der Waals surface area contributed by atoms with E-state index >= 15 is 16.8 Å². The Morgan fingerprint density at radius 1 is 0.451 bits per heavy atom. The van der Waals surface area contributed by atoms with E-state index < -0.39 is 62.0 Å². The molecule has 9 heteroatoms. The van der Waals surface area contributed by atoms with E-state index in [0.29, 0.717) is 0 Å². The predicted molar refractivity (Wildman–Crippen MR) is 221 cm³/mol. The summed E-state index contributed by atoms with van der Waals surface area (Å²) in [6.45, 7) is 13.5. The Bertz CT molecular complexity index is 1490. The molecule has 0 amide bonds. The number of unbranched alkanes of at least 4 members (excludes halogenated alkanes) is 6. The summed E-state index contributed by atoms with van der Waals surface area (Å²) in [7, 11) is -8.22. The minimum atomic E-state index is -4.11. The monoisotopic (exact) mass is 968 g/mol. The van der Waals surface area contributed by atoms with Gasteiger partial charge in [0.05, 0.1) is 0 Å². The minimum absolute atomic E-state index is 0.108.